The van der Waals surface area contributed by atoms with Crippen LogP contribution in [0.25, 0.3) is 11.1 Å². The summed E-state index contributed by atoms with van der Waals surface area (Å²) in [6, 6.07) is 7.28. The highest BCUT2D eigenvalue weighted by atomic mass is 16.5. The van der Waals surface area contributed by atoms with Crippen LogP contribution in [-0.2, 0) is 12.8 Å². The van der Waals surface area contributed by atoms with Gasteiger partial charge in [-0.2, -0.15) is 0 Å². The monoisotopic (exact) mass is 666 g/mol. The Hall–Kier alpha value is -4.38. The zero-order valence-corrected chi connectivity index (χ0v) is 28.1. The van der Waals surface area contributed by atoms with Crippen LogP contribution in [-0.4, -0.2) is 54.5 Å². The summed E-state index contributed by atoms with van der Waals surface area (Å²) in [5.74, 6) is 2.20. The second-order valence-electron chi connectivity index (χ2n) is 14.4. The largest absolute Gasteiger partial charge is 0.502 e. The molecule has 10 nitrogen and oxygen atoms in total. The molecule has 6 aliphatic rings. The molecular weight excluding hydrogens is 624 g/mol. The Morgan fingerprint density at radius 1 is 0.816 bits per heavy atom. The van der Waals surface area contributed by atoms with Gasteiger partial charge in [0.2, 0.25) is 5.75 Å². The predicted molar refractivity (Wildman–Crippen MR) is 183 cm³/mol. The van der Waals surface area contributed by atoms with E-state index in [1.165, 1.54) is 14.2 Å². The van der Waals surface area contributed by atoms with Crippen molar-refractivity contribution in [2.24, 2.45) is 11.8 Å². The first kappa shape index (κ1) is 30.7. The van der Waals surface area contributed by atoms with Crippen LogP contribution in [0.4, 0.5) is 5.69 Å². The third-order valence-electron chi connectivity index (χ3n) is 11.7. The first-order valence-corrected chi connectivity index (χ1v) is 17.2. The lowest BCUT2D eigenvalue weighted by molar-refractivity contribution is -0.0903. The normalized spacial score (nSPS) is 31.1. The molecule has 1 saturated carbocycles. The van der Waals surface area contributed by atoms with Gasteiger partial charge in [0.15, 0.2) is 23.5 Å². The minimum Gasteiger partial charge on any atom is -0.502 e. The van der Waals surface area contributed by atoms with Crippen LogP contribution in [0.15, 0.2) is 48.6 Å². The van der Waals surface area contributed by atoms with E-state index in [9.17, 15) is 15.3 Å². The molecule has 256 valence electrons. The number of ether oxygens (including phenoxy) is 5. The van der Waals surface area contributed by atoms with Gasteiger partial charge in [-0.15, -0.1) is 0 Å². The molecule has 0 spiro atoms. The van der Waals surface area contributed by atoms with Gasteiger partial charge in [-0.05, 0) is 55.9 Å². The summed E-state index contributed by atoms with van der Waals surface area (Å²) in [5.41, 5.74) is 5.69. The number of methoxy groups -OCH3 is 3. The molecule has 5 N–H and O–H groups in total. The number of aliphatic hydroxyl groups is 2. The molecule has 10 heteroatoms. The van der Waals surface area contributed by atoms with Crippen molar-refractivity contribution in [3.8, 4) is 45.6 Å². The van der Waals surface area contributed by atoms with Crippen molar-refractivity contribution in [1.29, 1.82) is 0 Å². The number of aromatic hydroxyl groups is 1. The smallest absolute Gasteiger partial charge is 0.200 e. The Morgan fingerprint density at radius 2 is 1.49 bits per heavy atom. The minimum atomic E-state index is -1.04. The summed E-state index contributed by atoms with van der Waals surface area (Å²) in [6.45, 7) is 2.37. The molecular formula is C39H42N2O8. The first-order valence-electron chi connectivity index (χ1n) is 17.2. The Morgan fingerprint density at radius 3 is 2.16 bits per heavy atom. The predicted octanol–water partition coefficient (Wildman–Crippen LogP) is 5.79. The Bertz CT molecular complexity index is 1900. The fraction of sp³-hybridized carbons (Fsp3) is 0.436. The van der Waals surface area contributed by atoms with Crippen molar-refractivity contribution in [3.63, 3.8) is 0 Å². The average Bonchev–Trinajstić information content (AvgIpc) is 3.10. The average molecular weight is 667 g/mol. The molecule has 0 unspecified atom stereocenters. The van der Waals surface area contributed by atoms with Crippen molar-refractivity contribution in [2.75, 3.05) is 33.3 Å². The molecule has 5 atom stereocenters. The van der Waals surface area contributed by atoms with E-state index in [1.807, 2.05) is 12.1 Å². The van der Waals surface area contributed by atoms with E-state index in [0.29, 0.717) is 29.9 Å². The molecule has 3 aromatic carbocycles. The van der Waals surface area contributed by atoms with Crippen LogP contribution in [0, 0.1) is 11.8 Å². The van der Waals surface area contributed by atoms with E-state index in [-0.39, 0.29) is 41.2 Å². The number of benzene rings is 3. The van der Waals surface area contributed by atoms with E-state index in [1.54, 1.807) is 19.2 Å². The standard InChI is InChI=1S/C39H42N2O8/c1-38-12-10-20-6-5-7-21(11-13-38)39(20,41-38)49-28-17-26(45-2)22-8-9-23-31-25(40-37(44)34(28)33(22)31)16-27-32(23)35(42)24(18-48-27)19-14-29(46-3)36(43)30(15-19)47-4/h10-17,20-21,24,35,37,40-44H,5-9,18H2,1-4H3/t20-,21-,24-,35-,37+,38?,39?/m0/s1. The molecule has 0 saturated heterocycles. The van der Waals surface area contributed by atoms with Gasteiger partial charge in [0.05, 0.1) is 45.1 Å². The summed E-state index contributed by atoms with van der Waals surface area (Å²) in [6.07, 6.45) is 11.6. The molecule has 0 aromatic heterocycles. The van der Waals surface area contributed by atoms with Gasteiger partial charge in [0.1, 0.15) is 17.2 Å². The maximum absolute atomic E-state index is 12.1. The molecule has 9 rings (SSSR count). The van der Waals surface area contributed by atoms with Crippen LogP contribution in [0.2, 0.25) is 0 Å². The maximum Gasteiger partial charge on any atom is 0.200 e. The van der Waals surface area contributed by atoms with E-state index < -0.39 is 24.0 Å². The van der Waals surface area contributed by atoms with E-state index in [4.69, 9.17) is 23.7 Å². The lowest BCUT2D eigenvalue weighted by Crippen LogP contribution is -2.70. The fourth-order valence-electron chi connectivity index (χ4n) is 9.42. The van der Waals surface area contributed by atoms with Gasteiger partial charge in [-0.3, -0.25) is 5.32 Å². The molecule has 0 amide bonds. The van der Waals surface area contributed by atoms with Crippen LogP contribution in [0.1, 0.15) is 72.3 Å². The van der Waals surface area contributed by atoms with Gasteiger partial charge in [-0.1, -0.05) is 30.7 Å². The third kappa shape index (κ3) is 4.30. The third-order valence-corrected chi connectivity index (χ3v) is 11.7. The zero-order chi connectivity index (χ0) is 33.8. The Kier molecular flexibility index (Phi) is 6.76. The summed E-state index contributed by atoms with van der Waals surface area (Å²) in [7, 11) is 4.65. The number of anilines is 1. The highest BCUT2D eigenvalue weighted by Crippen LogP contribution is 2.59. The van der Waals surface area contributed by atoms with Gasteiger partial charge in [0.25, 0.3) is 0 Å². The number of fused-ring (bicyclic) bond motifs is 3. The first-order chi connectivity index (χ1) is 23.7. The number of rotatable bonds is 6. The van der Waals surface area contributed by atoms with Crippen LogP contribution < -0.4 is 34.3 Å². The minimum absolute atomic E-state index is 0.0956. The number of nitrogens with one attached hydrogen (secondary N) is 2. The van der Waals surface area contributed by atoms with Gasteiger partial charge in [0, 0.05) is 57.8 Å². The topological polar surface area (TPSA) is 131 Å². The summed E-state index contributed by atoms with van der Waals surface area (Å²) in [4.78, 5) is 0. The molecule has 3 aromatic rings. The summed E-state index contributed by atoms with van der Waals surface area (Å²) in [5, 5.41) is 41.7. The van der Waals surface area contributed by atoms with Crippen molar-refractivity contribution >= 4 is 5.69 Å². The van der Waals surface area contributed by atoms with Gasteiger partial charge < -0.3 is 44.3 Å². The summed E-state index contributed by atoms with van der Waals surface area (Å²) < 4.78 is 30.5. The number of hydrogen-bond acceptors (Lipinski definition) is 10. The molecule has 4 aliphatic heterocycles. The maximum atomic E-state index is 12.1. The van der Waals surface area contributed by atoms with Gasteiger partial charge >= 0.3 is 0 Å². The zero-order valence-electron chi connectivity index (χ0n) is 28.1. The Balaban J connectivity index is 1.19. The molecule has 2 aliphatic carbocycles. The van der Waals surface area contributed by atoms with Crippen molar-refractivity contribution < 1.29 is 39.0 Å². The number of phenolic OH excluding ortho intramolecular Hbond substituents is 1. The fourth-order valence-corrected chi connectivity index (χ4v) is 9.42. The molecule has 2 bridgehead atoms. The highest BCUT2D eigenvalue weighted by Gasteiger charge is 2.55. The molecule has 1 fully saturated rings. The molecule has 4 heterocycles. The molecule has 49 heavy (non-hydrogen) atoms. The lowest BCUT2D eigenvalue weighted by Gasteiger charge is -2.56. The summed E-state index contributed by atoms with van der Waals surface area (Å²) >= 11 is 0. The second kappa shape index (κ2) is 10.8. The van der Waals surface area contributed by atoms with Crippen molar-refractivity contribution in [3.05, 3.63) is 76.4 Å². The van der Waals surface area contributed by atoms with Crippen LogP contribution in [0.5, 0.6) is 34.5 Å². The Labute approximate surface area is 285 Å². The van der Waals surface area contributed by atoms with Crippen molar-refractivity contribution in [1.82, 2.24) is 5.32 Å². The highest BCUT2D eigenvalue weighted by molar-refractivity contribution is 5.93. The van der Waals surface area contributed by atoms with Crippen molar-refractivity contribution in [2.45, 2.75) is 68.5 Å². The van der Waals surface area contributed by atoms with Crippen LogP contribution >= 0.6 is 0 Å². The van der Waals surface area contributed by atoms with Gasteiger partial charge in [-0.25, -0.2) is 0 Å². The quantitative estimate of drug-likeness (QED) is 0.206. The second-order valence-corrected chi connectivity index (χ2v) is 14.4. The SMILES string of the molecule is COc1cc([C@@H]2COc3cc4c5c(c3[C@H]2O)CCc2c(OC)cc(OC36NC7(C)C=C[C@@H]3CCC[C@H]6C=C7)c(c2-5)[C@@H](O)N4)cc(OC)c1O. The van der Waals surface area contributed by atoms with E-state index in [0.717, 1.165) is 64.1 Å². The van der Waals surface area contributed by atoms with Crippen LogP contribution in [0.3, 0.4) is 0 Å². The van der Waals surface area contributed by atoms with E-state index >= 15 is 0 Å². The number of hydrogen-bond donors (Lipinski definition) is 5. The number of phenols is 1. The number of aliphatic hydroxyl groups excluding tert-OH is 2. The van der Waals surface area contributed by atoms with E-state index in [2.05, 4.69) is 41.9 Å². The molecule has 0 radical (unpaired) electrons. The lowest BCUT2D eigenvalue weighted by atomic mass is 9.66.